The van der Waals surface area contributed by atoms with Crippen molar-refractivity contribution in [2.24, 2.45) is 0 Å². The zero-order valence-electron chi connectivity index (χ0n) is 13.2. The van der Waals surface area contributed by atoms with Gasteiger partial charge in [-0.3, -0.25) is 4.79 Å². The number of nitrogens with zero attached hydrogens (tertiary/aromatic N) is 1. The van der Waals surface area contributed by atoms with Crippen molar-refractivity contribution < 1.29 is 4.79 Å². The van der Waals surface area contributed by atoms with Gasteiger partial charge < -0.3 is 4.90 Å². The predicted octanol–water partition coefficient (Wildman–Crippen LogP) is 4.66. The van der Waals surface area contributed by atoms with Gasteiger partial charge in [-0.05, 0) is 42.2 Å². The highest BCUT2D eigenvalue weighted by Crippen LogP contribution is 2.24. The third kappa shape index (κ3) is 4.18. The Morgan fingerprint density at radius 1 is 1.22 bits per heavy atom. The van der Waals surface area contributed by atoms with E-state index in [9.17, 15) is 4.79 Å². The van der Waals surface area contributed by atoms with Gasteiger partial charge in [0.05, 0.1) is 5.25 Å². The molecule has 0 saturated carbocycles. The van der Waals surface area contributed by atoms with Crippen molar-refractivity contribution in [2.45, 2.75) is 30.9 Å². The van der Waals surface area contributed by atoms with E-state index in [1.54, 1.807) is 11.8 Å². The maximum Gasteiger partial charge on any atom is 0.235 e. The summed E-state index contributed by atoms with van der Waals surface area (Å²) in [5.74, 6) is 1.11. The van der Waals surface area contributed by atoms with E-state index in [1.807, 2.05) is 24.0 Å². The number of fused-ring (bicyclic) bond motifs is 1. The van der Waals surface area contributed by atoms with Gasteiger partial charge in [-0.25, -0.2) is 0 Å². The molecular formula is C19H20BrNOS. The van der Waals surface area contributed by atoms with Gasteiger partial charge in [0, 0.05) is 23.3 Å². The molecule has 0 aromatic heterocycles. The van der Waals surface area contributed by atoms with Gasteiger partial charge >= 0.3 is 0 Å². The minimum Gasteiger partial charge on any atom is -0.337 e. The lowest BCUT2D eigenvalue weighted by molar-refractivity contribution is -0.131. The van der Waals surface area contributed by atoms with E-state index in [1.165, 1.54) is 16.7 Å². The van der Waals surface area contributed by atoms with E-state index in [-0.39, 0.29) is 11.2 Å². The van der Waals surface area contributed by atoms with Crippen molar-refractivity contribution >= 4 is 33.6 Å². The molecule has 3 rings (SSSR count). The van der Waals surface area contributed by atoms with Crippen LogP contribution in [0.15, 0.2) is 53.0 Å². The van der Waals surface area contributed by atoms with E-state index in [2.05, 4.69) is 52.3 Å². The summed E-state index contributed by atoms with van der Waals surface area (Å²) in [6, 6.07) is 16.7. The predicted molar refractivity (Wildman–Crippen MR) is 100 cm³/mol. The molecule has 0 radical (unpaired) electrons. The second-order valence-corrected chi connectivity index (χ2v) is 8.11. The molecular weight excluding hydrogens is 370 g/mol. The SMILES string of the molecule is CC(SCc1cccc(Br)c1)C(=O)N1CCc2ccccc2C1. The van der Waals surface area contributed by atoms with Crippen LogP contribution >= 0.6 is 27.7 Å². The Bertz CT molecular complexity index is 703. The van der Waals surface area contributed by atoms with Crippen molar-refractivity contribution in [1.29, 1.82) is 0 Å². The Labute approximate surface area is 150 Å². The van der Waals surface area contributed by atoms with E-state index in [0.29, 0.717) is 0 Å². The molecule has 0 bridgehead atoms. The molecule has 120 valence electrons. The maximum atomic E-state index is 12.7. The van der Waals surface area contributed by atoms with Crippen LogP contribution in [-0.2, 0) is 23.5 Å². The third-order valence-corrected chi connectivity index (χ3v) is 5.87. The van der Waals surface area contributed by atoms with Crippen LogP contribution in [0.2, 0.25) is 0 Å². The highest BCUT2D eigenvalue weighted by molar-refractivity contribution is 9.10. The Morgan fingerprint density at radius 2 is 2.00 bits per heavy atom. The van der Waals surface area contributed by atoms with Crippen molar-refractivity contribution in [3.8, 4) is 0 Å². The topological polar surface area (TPSA) is 20.3 Å². The van der Waals surface area contributed by atoms with Crippen LogP contribution in [0.25, 0.3) is 0 Å². The minimum absolute atomic E-state index is 0.0146. The van der Waals surface area contributed by atoms with E-state index in [0.717, 1.165) is 29.7 Å². The summed E-state index contributed by atoms with van der Waals surface area (Å²) in [7, 11) is 0. The monoisotopic (exact) mass is 389 g/mol. The van der Waals surface area contributed by atoms with Gasteiger partial charge in [0.25, 0.3) is 0 Å². The number of carbonyl (C=O) groups is 1. The molecule has 2 aromatic rings. The Balaban J connectivity index is 1.58. The smallest absolute Gasteiger partial charge is 0.235 e. The third-order valence-electron chi connectivity index (χ3n) is 4.18. The van der Waals surface area contributed by atoms with Crippen molar-refractivity contribution in [1.82, 2.24) is 4.90 Å². The largest absolute Gasteiger partial charge is 0.337 e. The average molecular weight is 390 g/mol. The molecule has 0 spiro atoms. The molecule has 2 aromatic carbocycles. The number of halogens is 1. The first-order chi connectivity index (χ1) is 11.1. The summed E-state index contributed by atoms with van der Waals surface area (Å²) in [5, 5.41) is -0.0146. The van der Waals surface area contributed by atoms with Crippen LogP contribution in [-0.4, -0.2) is 22.6 Å². The molecule has 0 saturated heterocycles. The number of thioether (sulfide) groups is 1. The summed E-state index contributed by atoms with van der Waals surface area (Å²) >= 11 is 5.20. The fraction of sp³-hybridized carbons (Fsp3) is 0.316. The molecule has 2 nitrogen and oxygen atoms in total. The molecule has 0 N–H and O–H groups in total. The van der Waals surface area contributed by atoms with Gasteiger partial charge in [-0.15, -0.1) is 11.8 Å². The van der Waals surface area contributed by atoms with Gasteiger partial charge in [0.2, 0.25) is 5.91 Å². The average Bonchev–Trinajstić information content (AvgIpc) is 2.58. The van der Waals surface area contributed by atoms with Gasteiger partial charge in [-0.1, -0.05) is 52.3 Å². The normalized spacial score (nSPS) is 15.1. The first kappa shape index (κ1) is 16.6. The standard InChI is InChI=1S/C19H20BrNOS/c1-14(23-13-15-5-4-8-18(20)11-15)19(22)21-10-9-16-6-2-3-7-17(16)12-21/h2-8,11,14H,9-10,12-13H2,1H3. The van der Waals surface area contributed by atoms with E-state index >= 15 is 0 Å². The summed E-state index contributed by atoms with van der Waals surface area (Å²) in [6.07, 6.45) is 0.963. The molecule has 23 heavy (non-hydrogen) atoms. The molecule has 1 unspecified atom stereocenters. The maximum absolute atomic E-state index is 12.7. The molecule has 1 atom stereocenters. The zero-order valence-corrected chi connectivity index (χ0v) is 15.6. The lowest BCUT2D eigenvalue weighted by Gasteiger charge is -2.30. The quantitative estimate of drug-likeness (QED) is 0.757. The van der Waals surface area contributed by atoms with Crippen LogP contribution in [0.3, 0.4) is 0 Å². The molecule has 4 heteroatoms. The fourth-order valence-corrected chi connectivity index (χ4v) is 4.22. The molecule has 0 aliphatic carbocycles. The second kappa shape index (κ2) is 7.54. The molecule has 1 heterocycles. The van der Waals surface area contributed by atoms with Crippen molar-refractivity contribution in [3.63, 3.8) is 0 Å². The lowest BCUT2D eigenvalue weighted by atomic mass is 10.00. The number of amides is 1. The Morgan fingerprint density at radius 3 is 2.78 bits per heavy atom. The van der Waals surface area contributed by atoms with Crippen molar-refractivity contribution in [3.05, 3.63) is 69.7 Å². The van der Waals surface area contributed by atoms with Crippen LogP contribution in [0.4, 0.5) is 0 Å². The number of rotatable bonds is 4. The molecule has 0 fully saturated rings. The highest BCUT2D eigenvalue weighted by atomic mass is 79.9. The number of hydrogen-bond acceptors (Lipinski definition) is 2. The zero-order chi connectivity index (χ0) is 16.2. The fourth-order valence-electron chi connectivity index (χ4n) is 2.86. The number of carbonyl (C=O) groups excluding carboxylic acids is 1. The van der Waals surface area contributed by atoms with Crippen LogP contribution in [0, 0.1) is 0 Å². The first-order valence-corrected chi connectivity index (χ1v) is 9.69. The number of hydrogen-bond donors (Lipinski definition) is 0. The summed E-state index contributed by atoms with van der Waals surface area (Å²) < 4.78 is 1.09. The minimum atomic E-state index is -0.0146. The summed E-state index contributed by atoms with van der Waals surface area (Å²) in [5.41, 5.74) is 3.91. The molecule has 1 aliphatic heterocycles. The van der Waals surface area contributed by atoms with Crippen molar-refractivity contribution in [2.75, 3.05) is 6.54 Å². The Hall–Kier alpha value is -1.26. The first-order valence-electron chi connectivity index (χ1n) is 7.85. The van der Waals surface area contributed by atoms with Gasteiger partial charge in [0.15, 0.2) is 0 Å². The van der Waals surface area contributed by atoms with Gasteiger partial charge in [0.1, 0.15) is 0 Å². The van der Waals surface area contributed by atoms with Gasteiger partial charge in [-0.2, -0.15) is 0 Å². The lowest BCUT2D eigenvalue weighted by Crippen LogP contribution is -2.40. The summed E-state index contributed by atoms with van der Waals surface area (Å²) in [4.78, 5) is 14.7. The Kier molecular flexibility index (Phi) is 5.44. The molecule has 1 aliphatic rings. The highest BCUT2D eigenvalue weighted by Gasteiger charge is 2.24. The second-order valence-electron chi connectivity index (χ2n) is 5.86. The molecule has 1 amide bonds. The van der Waals surface area contributed by atoms with Crippen LogP contribution < -0.4 is 0 Å². The van der Waals surface area contributed by atoms with E-state index < -0.39 is 0 Å². The van der Waals surface area contributed by atoms with Crippen LogP contribution in [0.1, 0.15) is 23.6 Å². The van der Waals surface area contributed by atoms with Crippen LogP contribution in [0.5, 0.6) is 0 Å². The number of benzene rings is 2. The summed E-state index contributed by atoms with van der Waals surface area (Å²) in [6.45, 7) is 3.60. The van der Waals surface area contributed by atoms with E-state index in [4.69, 9.17) is 0 Å².